The number of halogens is 1. The third-order valence-electron chi connectivity index (χ3n) is 1.40. The Morgan fingerprint density at radius 1 is 1.58 bits per heavy atom. The van der Waals surface area contributed by atoms with E-state index >= 15 is 0 Å². The molecule has 12 heavy (non-hydrogen) atoms. The largest absolute Gasteiger partial charge is 0.478 e. The van der Waals surface area contributed by atoms with Crippen LogP contribution in [-0.2, 0) is 0 Å². The second kappa shape index (κ2) is 3.96. The number of thioether (sulfide) groups is 1. The summed E-state index contributed by atoms with van der Waals surface area (Å²) in [5, 5.41) is 8.75. The fraction of sp³-hybridized carbons (Fsp3) is 0.125. The molecule has 0 amide bonds. The summed E-state index contributed by atoms with van der Waals surface area (Å²) in [6, 6.07) is 5.27. The zero-order valence-electron chi connectivity index (χ0n) is 6.37. The Morgan fingerprint density at radius 2 is 2.25 bits per heavy atom. The van der Waals surface area contributed by atoms with Crippen LogP contribution in [0.3, 0.4) is 0 Å². The smallest absolute Gasteiger partial charge is 0.336 e. The highest BCUT2D eigenvalue weighted by Crippen LogP contribution is 2.23. The van der Waals surface area contributed by atoms with Gasteiger partial charge in [0.25, 0.3) is 0 Å². The van der Waals surface area contributed by atoms with Gasteiger partial charge in [0, 0.05) is 9.37 Å². The van der Waals surface area contributed by atoms with E-state index in [2.05, 4.69) is 15.9 Å². The van der Waals surface area contributed by atoms with Crippen molar-refractivity contribution in [1.82, 2.24) is 0 Å². The summed E-state index contributed by atoms with van der Waals surface area (Å²) < 4.78 is 0.618. The lowest BCUT2D eigenvalue weighted by Gasteiger charge is -2.00. The van der Waals surface area contributed by atoms with Gasteiger partial charge in [-0.1, -0.05) is 0 Å². The van der Waals surface area contributed by atoms with Crippen molar-refractivity contribution in [2.24, 2.45) is 0 Å². The normalized spacial score (nSPS) is 9.83. The van der Waals surface area contributed by atoms with E-state index in [4.69, 9.17) is 5.11 Å². The summed E-state index contributed by atoms with van der Waals surface area (Å²) in [5.41, 5.74) is 0.307. The fourth-order valence-electron chi connectivity index (χ4n) is 0.795. The summed E-state index contributed by atoms with van der Waals surface area (Å²) in [6.07, 6.45) is 1.91. The van der Waals surface area contributed by atoms with Crippen molar-refractivity contribution in [3.05, 3.63) is 28.2 Å². The summed E-state index contributed by atoms with van der Waals surface area (Å²) in [5.74, 6) is -0.905. The molecule has 0 atom stereocenters. The summed E-state index contributed by atoms with van der Waals surface area (Å²) in [7, 11) is 0. The van der Waals surface area contributed by atoms with Crippen molar-refractivity contribution in [3.63, 3.8) is 0 Å². The molecule has 0 aliphatic carbocycles. The predicted octanol–water partition coefficient (Wildman–Crippen LogP) is 2.87. The van der Waals surface area contributed by atoms with Crippen LogP contribution >= 0.6 is 27.7 Å². The topological polar surface area (TPSA) is 37.3 Å². The first-order chi connectivity index (χ1) is 5.65. The van der Waals surface area contributed by atoms with Crippen LogP contribution in [-0.4, -0.2) is 17.3 Å². The standard InChI is InChI=1S/C8H7BrO2S/c1-12-5-2-3-7(9)6(4-5)8(10)11/h2-4H,1H3,(H,10,11). The molecule has 2 nitrogen and oxygen atoms in total. The predicted molar refractivity (Wildman–Crippen MR) is 52.9 cm³/mol. The highest BCUT2D eigenvalue weighted by molar-refractivity contribution is 9.10. The first-order valence-electron chi connectivity index (χ1n) is 3.22. The number of carbonyl (C=O) groups is 1. The van der Waals surface area contributed by atoms with Crippen LogP contribution in [0.5, 0.6) is 0 Å². The molecular formula is C8H7BrO2S. The van der Waals surface area contributed by atoms with E-state index in [1.54, 1.807) is 12.1 Å². The van der Waals surface area contributed by atoms with Gasteiger partial charge in [-0.05, 0) is 40.4 Å². The number of carboxylic acids is 1. The molecule has 1 rings (SSSR count). The molecule has 1 N–H and O–H groups in total. The quantitative estimate of drug-likeness (QED) is 0.816. The van der Waals surface area contributed by atoms with E-state index in [0.29, 0.717) is 10.0 Å². The van der Waals surface area contributed by atoms with Gasteiger partial charge in [0.1, 0.15) is 0 Å². The number of carboxylic acid groups (broad SMARTS) is 1. The number of benzene rings is 1. The molecule has 0 heterocycles. The molecule has 0 saturated carbocycles. The molecule has 0 aromatic heterocycles. The van der Waals surface area contributed by atoms with Crippen LogP contribution in [0.25, 0.3) is 0 Å². The van der Waals surface area contributed by atoms with E-state index in [0.717, 1.165) is 4.90 Å². The molecular weight excluding hydrogens is 240 g/mol. The van der Waals surface area contributed by atoms with E-state index in [9.17, 15) is 4.79 Å². The van der Waals surface area contributed by atoms with Crippen LogP contribution in [0.4, 0.5) is 0 Å². The van der Waals surface area contributed by atoms with Crippen molar-refractivity contribution in [2.45, 2.75) is 4.90 Å². The van der Waals surface area contributed by atoms with Crippen LogP contribution in [0.2, 0.25) is 0 Å². The van der Waals surface area contributed by atoms with Gasteiger partial charge < -0.3 is 5.11 Å². The van der Waals surface area contributed by atoms with Crippen LogP contribution in [0.15, 0.2) is 27.6 Å². The van der Waals surface area contributed by atoms with Gasteiger partial charge in [-0.3, -0.25) is 0 Å². The number of rotatable bonds is 2. The molecule has 0 aliphatic heterocycles. The third kappa shape index (κ3) is 2.01. The second-order valence-corrected chi connectivity index (χ2v) is 3.88. The lowest BCUT2D eigenvalue weighted by atomic mass is 10.2. The molecule has 0 aliphatic rings. The molecule has 0 unspecified atom stereocenters. The summed E-state index contributed by atoms with van der Waals surface area (Å²) in [4.78, 5) is 11.6. The van der Waals surface area contributed by atoms with E-state index in [1.807, 2.05) is 12.3 Å². The number of aromatic carboxylic acids is 1. The lowest BCUT2D eigenvalue weighted by Crippen LogP contribution is -1.97. The van der Waals surface area contributed by atoms with Crippen molar-refractivity contribution < 1.29 is 9.90 Å². The molecule has 0 saturated heterocycles. The maximum Gasteiger partial charge on any atom is 0.336 e. The van der Waals surface area contributed by atoms with Gasteiger partial charge in [0.15, 0.2) is 0 Å². The average molecular weight is 247 g/mol. The minimum Gasteiger partial charge on any atom is -0.478 e. The summed E-state index contributed by atoms with van der Waals surface area (Å²) >= 11 is 4.70. The fourth-order valence-corrected chi connectivity index (χ4v) is 1.65. The second-order valence-electron chi connectivity index (χ2n) is 2.15. The van der Waals surface area contributed by atoms with Crippen molar-refractivity contribution in [2.75, 3.05) is 6.26 Å². The molecule has 4 heteroatoms. The minimum atomic E-state index is -0.905. The Kier molecular flexibility index (Phi) is 3.17. The average Bonchev–Trinajstić information content (AvgIpc) is 2.05. The highest BCUT2D eigenvalue weighted by Gasteiger charge is 2.07. The van der Waals surface area contributed by atoms with Gasteiger partial charge in [0.2, 0.25) is 0 Å². The monoisotopic (exact) mass is 246 g/mol. The molecule has 1 aromatic carbocycles. The van der Waals surface area contributed by atoms with E-state index < -0.39 is 5.97 Å². The first-order valence-corrected chi connectivity index (χ1v) is 5.23. The van der Waals surface area contributed by atoms with Crippen molar-refractivity contribution in [3.8, 4) is 0 Å². The van der Waals surface area contributed by atoms with Gasteiger partial charge in [-0.2, -0.15) is 0 Å². The minimum absolute atomic E-state index is 0.307. The Labute approximate surface area is 83.1 Å². The molecule has 64 valence electrons. The zero-order valence-corrected chi connectivity index (χ0v) is 8.78. The van der Waals surface area contributed by atoms with Gasteiger partial charge in [0.05, 0.1) is 5.56 Å². The highest BCUT2D eigenvalue weighted by atomic mass is 79.9. The Hall–Kier alpha value is -0.480. The molecule has 0 bridgehead atoms. The third-order valence-corrected chi connectivity index (χ3v) is 2.82. The SMILES string of the molecule is CSc1ccc(Br)c(C(=O)O)c1. The number of hydrogen-bond acceptors (Lipinski definition) is 2. The maximum atomic E-state index is 10.7. The maximum absolute atomic E-state index is 10.7. The van der Waals surface area contributed by atoms with Crippen LogP contribution < -0.4 is 0 Å². The lowest BCUT2D eigenvalue weighted by molar-refractivity contribution is 0.0695. The van der Waals surface area contributed by atoms with Crippen LogP contribution in [0, 0.1) is 0 Å². The van der Waals surface area contributed by atoms with Gasteiger partial charge >= 0.3 is 5.97 Å². The zero-order chi connectivity index (χ0) is 9.14. The molecule has 1 aromatic rings. The summed E-state index contributed by atoms with van der Waals surface area (Å²) in [6.45, 7) is 0. The Morgan fingerprint density at radius 3 is 2.75 bits per heavy atom. The van der Waals surface area contributed by atoms with Crippen molar-refractivity contribution in [1.29, 1.82) is 0 Å². The Bertz CT molecular complexity index is 312. The molecule has 0 fully saturated rings. The van der Waals surface area contributed by atoms with Crippen LogP contribution in [0.1, 0.15) is 10.4 Å². The van der Waals surface area contributed by atoms with E-state index in [-0.39, 0.29) is 0 Å². The van der Waals surface area contributed by atoms with E-state index in [1.165, 1.54) is 11.8 Å². The molecule has 0 spiro atoms. The Balaban J connectivity index is 3.17. The van der Waals surface area contributed by atoms with Gasteiger partial charge in [-0.15, -0.1) is 11.8 Å². The number of hydrogen-bond donors (Lipinski definition) is 1. The first kappa shape index (κ1) is 9.61. The van der Waals surface area contributed by atoms with Crippen molar-refractivity contribution >= 4 is 33.7 Å². The van der Waals surface area contributed by atoms with Gasteiger partial charge in [-0.25, -0.2) is 4.79 Å². The molecule has 0 radical (unpaired) electrons.